The van der Waals surface area contributed by atoms with Gasteiger partial charge in [-0.15, -0.1) is 0 Å². The molecule has 1 fully saturated rings. The molecule has 0 aromatic heterocycles. The molecule has 0 radical (unpaired) electrons. The summed E-state index contributed by atoms with van der Waals surface area (Å²) in [5.41, 5.74) is 2.15. The van der Waals surface area contributed by atoms with Gasteiger partial charge < -0.3 is 4.74 Å². The van der Waals surface area contributed by atoms with E-state index in [1.54, 1.807) is 0 Å². The van der Waals surface area contributed by atoms with Crippen molar-refractivity contribution in [2.45, 2.75) is 26.2 Å². The Hall–Kier alpha value is -1.64. The van der Waals surface area contributed by atoms with Crippen LogP contribution in [0.1, 0.15) is 24.0 Å². The van der Waals surface area contributed by atoms with Gasteiger partial charge in [0, 0.05) is 5.92 Å². The van der Waals surface area contributed by atoms with Gasteiger partial charge in [-0.25, -0.2) is 0 Å². The highest BCUT2D eigenvalue weighted by Crippen LogP contribution is 2.33. The van der Waals surface area contributed by atoms with Crippen molar-refractivity contribution in [3.8, 4) is 0 Å². The Morgan fingerprint density at radius 1 is 1.39 bits per heavy atom. The van der Waals surface area contributed by atoms with E-state index >= 15 is 0 Å². The Morgan fingerprint density at radius 2 is 2.11 bits per heavy atom. The molecule has 0 N–H and O–H groups in total. The van der Waals surface area contributed by atoms with E-state index in [0.29, 0.717) is 6.42 Å². The lowest BCUT2D eigenvalue weighted by atomic mass is 9.92. The van der Waals surface area contributed by atoms with Crippen LogP contribution in [-0.2, 0) is 20.7 Å². The zero-order valence-corrected chi connectivity index (χ0v) is 10.8. The minimum atomic E-state index is -0.635. The number of rotatable bonds is 5. The first-order valence-corrected chi connectivity index (χ1v) is 6.29. The molecular formula is C15H18O3. The molecule has 0 heterocycles. The maximum absolute atomic E-state index is 12.1. The van der Waals surface area contributed by atoms with Crippen molar-refractivity contribution in [2.75, 3.05) is 7.11 Å². The monoisotopic (exact) mass is 246 g/mol. The lowest BCUT2D eigenvalue weighted by Crippen LogP contribution is -2.28. The van der Waals surface area contributed by atoms with Gasteiger partial charge in [0.25, 0.3) is 0 Å². The van der Waals surface area contributed by atoms with Crippen molar-refractivity contribution in [1.82, 2.24) is 0 Å². The summed E-state index contributed by atoms with van der Waals surface area (Å²) in [6.07, 6.45) is 2.28. The van der Waals surface area contributed by atoms with E-state index in [2.05, 4.69) is 0 Å². The highest BCUT2D eigenvalue weighted by atomic mass is 16.5. The molecule has 96 valence electrons. The summed E-state index contributed by atoms with van der Waals surface area (Å²) in [5, 5.41) is 0. The third kappa shape index (κ3) is 2.97. The molecule has 2 rings (SSSR count). The maximum atomic E-state index is 12.1. The number of aryl methyl sites for hydroxylation is 1. The molecule has 0 saturated heterocycles. The molecular weight excluding hydrogens is 228 g/mol. The van der Waals surface area contributed by atoms with Crippen molar-refractivity contribution in [2.24, 2.45) is 11.8 Å². The first-order chi connectivity index (χ1) is 8.61. The fourth-order valence-electron chi connectivity index (χ4n) is 2.17. The first kappa shape index (κ1) is 12.8. The maximum Gasteiger partial charge on any atom is 0.316 e. The second-order valence-electron chi connectivity index (χ2n) is 4.95. The van der Waals surface area contributed by atoms with Crippen molar-refractivity contribution >= 4 is 11.8 Å². The Labute approximate surface area is 107 Å². The molecule has 1 aromatic carbocycles. The van der Waals surface area contributed by atoms with E-state index in [1.807, 2.05) is 31.2 Å². The van der Waals surface area contributed by atoms with E-state index in [-0.39, 0.29) is 11.7 Å². The Balaban J connectivity index is 2.14. The van der Waals surface area contributed by atoms with Crippen molar-refractivity contribution in [1.29, 1.82) is 0 Å². The highest BCUT2D eigenvalue weighted by molar-refractivity contribution is 6.01. The van der Waals surface area contributed by atoms with Crippen LogP contribution in [0.15, 0.2) is 24.3 Å². The van der Waals surface area contributed by atoms with Gasteiger partial charge in [-0.1, -0.05) is 29.8 Å². The van der Waals surface area contributed by atoms with Crippen LogP contribution < -0.4 is 0 Å². The summed E-state index contributed by atoms with van der Waals surface area (Å²) in [4.78, 5) is 23.8. The van der Waals surface area contributed by atoms with Crippen LogP contribution >= 0.6 is 0 Å². The SMILES string of the molecule is COC(=O)C(Cc1cccc(C)c1)C(=O)C1CC1. The average Bonchev–Trinajstić information content (AvgIpc) is 3.18. The second-order valence-corrected chi connectivity index (χ2v) is 4.95. The van der Waals surface area contributed by atoms with Crippen molar-refractivity contribution in [3.63, 3.8) is 0 Å². The highest BCUT2D eigenvalue weighted by Gasteiger charge is 2.38. The van der Waals surface area contributed by atoms with Crippen molar-refractivity contribution < 1.29 is 14.3 Å². The number of hydrogen-bond acceptors (Lipinski definition) is 3. The van der Waals surface area contributed by atoms with Gasteiger partial charge in [0.15, 0.2) is 5.78 Å². The van der Waals surface area contributed by atoms with Gasteiger partial charge in [0.05, 0.1) is 7.11 Å². The van der Waals surface area contributed by atoms with Gasteiger partial charge in [-0.3, -0.25) is 9.59 Å². The summed E-state index contributed by atoms with van der Waals surface area (Å²) in [7, 11) is 1.34. The van der Waals surface area contributed by atoms with Crippen molar-refractivity contribution in [3.05, 3.63) is 35.4 Å². The molecule has 1 aliphatic carbocycles. The summed E-state index contributed by atoms with van der Waals surface area (Å²) >= 11 is 0. The molecule has 18 heavy (non-hydrogen) atoms. The van der Waals surface area contributed by atoms with Gasteiger partial charge in [0.1, 0.15) is 5.92 Å². The molecule has 3 heteroatoms. The molecule has 3 nitrogen and oxygen atoms in total. The molecule has 0 bridgehead atoms. The Bertz CT molecular complexity index is 461. The number of esters is 1. The van der Waals surface area contributed by atoms with Gasteiger partial charge >= 0.3 is 5.97 Å². The standard InChI is InChI=1S/C15H18O3/c1-10-4-3-5-11(8-10)9-13(15(17)18-2)14(16)12-6-7-12/h3-5,8,12-13H,6-7,9H2,1-2H3. The largest absolute Gasteiger partial charge is 0.468 e. The number of carbonyl (C=O) groups excluding carboxylic acids is 2. The number of ether oxygens (including phenoxy) is 1. The topological polar surface area (TPSA) is 43.4 Å². The number of carbonyl (C=O) groups is 2. The van der Waals surface area contributed by atoms with E-state index in [9.17, 15) is 9.59 Å². The van der Waals surface area contributed by atoms with Crippen LogP contribution in [0, 0.1) is 18.8 Å². The second kappa shape index (κ2) is 5.34. The fourth-order valence-corrected chi connectivity index (χ4v) is 2.17. The molecule has 1 aliphatic rings. The van der Waals surface area contributed by atoms with Crippen LogP contribution in [0.4, 0.5) is 0 Å². The summed E-state index contributed by atoms with van der Waals surface area (Å²) < 4.78 is 4.75. The first-order valence-electron chi connectivity index (χ1n) is 6.29. The van der Waals surface area contributed by atoms with Crippen LogP contribution in [0.3, 0.4) is 0 Å². The van der Waals surface area contributed by atoms with Gasteiger partial charge in [0.2, 0.25) is 0 Å². The van der Waals surface area contributed by atoms with Crippen LogP contribution in [0.2, 0.25) is 0 Å². The average molecular weight is 246 g/mol. The molecule has 1 atom stereocenters. The minimum Gasteiger partial charge on any atom is -0.468 e. The zero-order valence-electron chi connectivity index (χ0n) is 10.8. The number of Topliss-reactive ketones (excluding diaryl/α,β-unsaturated/α-hetero) is 1. The number of methoxy groups -OCH3 is 1. The predicted molar refractivity (Wildman–Crippen MR) is 68.1 cm³/mol. The lowest BCUT2D eigenvalue weighted by Gasteiger charge is -2.13. The number of ketones is 1. The quantitative estimate of drug-likeness (QED) is 0.591. The van der Waals surface area contributed by atoms with Crippen LogP contribution in [-0.4, -0.2) is 18.9 Å². The summed E-state index contributed by atoms with van der Waals surface area (Å²) in [5.74, 6) is -0.917. The molecule has 0 amide bonds. The zero-order chi connectivity index (χ0) is 13.1. The molecule has 1 unspecified atom stereocenters. The Morgan fingerprint density at radius 3 is 2.67 bits per heavy atom. The van der Waals surface area contributed by atoms with Gasteiger partial charge in [-0.05, 0) is 31.7 Å². The van der Waals surface area contributed by atoms with E-state index in [1.165, 1.54) is 7.11 Å². The fraction of sp³-hybridized carbons (Fsp3) is 0.467. The smallest absolute Gasteiger partial charge is 0.316 e. The summed E-state index contributed by atoms with van der Waals surface area (Å²) in [6.45, 7) is 2.00. The lowest BCUT2D eigenvalue weighted by molar-refractivity contribution is -0.149. The van der Waals surface area contributed by atoms with Gasteiger partial charge in [-0.2, -0.15) is 0 Å². The normalized spacial score (nSPS) is 16.1. The molecule has 0 spiro atoms. The third-order valence-corrected chi connectivity index (χ3v) is 3.33. The minimum absolute atomic E-state index is 0.0448. The number of benzene rings is 1. The Kier molecular flexibility index (Phi) is 3.80. The third-order valence-electron chi connectivity index (χ3n) is 3.33. The number of hydrogen-bond donors (Lipinski definition) is 0. The molecule has 0 aliphatic heterocycles. The van der Waals surface area contributed by atoms with Crippen LogP contribution in [0.5, 0.6) is 0 Å². The predicted octanol–water partition coefficient (Wildman–Crippen LogP) is 2.31. The summed E-state index contributed by atoms with van der Waals surface area (Å²) in [6, 6.07) is 7.90. The van der Waals surface area contributed by atoms with E-state index in [4.69, 9.17) is 4.74 Å². The molecule has 1 aromatic rings. The van der Waals surface area contributed by atoms with Crippen LogP contribution in [0.25, 0.3) is 0 Å². The molecule has 1 saturated carbocycles. The van der Waals surface area contributed by atoms with E-state index in [0.717, 1.165) is 24.0 Å². The van der Waals surface area contributed by atoms with E-state index < -0.39 is 11.9 Å².